The van der Waals surface area contributed by atoms with E-state index < -0.39 is 0 Å². The molecule has 0 aromatic carbocycles. The van der Waals surface area contributed by atoms with Crippen molar-refractivity contribution in [1.82, 2.24) is 0 Å². The Morgan fingerprint density at radius 2 is 1.40 bits per heavy atom. The summed E-state index contributed by atoms with van der Waals surface area (Å²) in [5, 5.41) is 0. The van der Waals surface area contributed by atoms with Crippen LogP contribution in [0.2, 0.25) is 0 Å². The smallest absolute Gasteiger partial charge is 0.0280 e. The molecule has 0 saturated carbocycles. The fraction of sp³-hybridized carbons (Fsp3) is 1.00. The molecule has 0 heterocycles. The molecule has 0 aliphatic heterocycles. The highest BCUT2D eigenvalue weighted by Crippen LogP contribution is 2.45. The quantitative estimate of drug-likeness (QED) is 0.498. The zero-order chi connectivity index (χ0) is 12.1. The summed E-state index contributed by atoms with van der Waals surface area (Å²) in [6, 6.07) is 0. The molecular weight excluding hydrogens is 180 g/mol. The van der Waals surface area contributed by atoms with E-state index in [0.29, 0.717) is 10.8 Å². The molecule has 0 rings (SSSR count). The number of hydrogen-bond donors (Lipinski definition) is 0. The first-order chi connectivity index (χ1) is 6.73. The van der Waals surface area contributed by atoms with Gasteiger partial charge < -0.3 is 0 Å². The van der Waals surface area contributed by atoms with Gasteiger partial charge in [-0.25, -0.2) is 0 Å². The summed E-state index contributed by atoms with van der Waals surface area (Å²) in [5.74, 6) is 0.828. The van der Waals surface area contributed by atoms with Crippen LogP contribution < -0.4 is 0 Å². The van der Waals surface area contributed by atoms with Gasteiger partial charge in [0.15, 0.2) is 0 Å². The van der Waals surface area contributed by atoms with Crippen LogP contribution in [0.15, 0.2) is 0 Å². The fourth-order valence-corrected chi connectivity index (χ4v) is 1.98. The monoisotopic (exact) mass is 212 g/mol. The largest absolute Gasteiger partial charge is 0.0654 e. The van der Waals surface area contributed by atoms with E-state index in [2.05, 4.69) is 48.5 Å². The maximum Gasteiger partial charge on any atom is -0.0280 e. The van der Waals surface area contributed by atoms with Crippen LogP contribution in [-0.2, 0) is 0 Å². The van der Waals surface area contributed by atoms with Crippen molar-refractivity contribution in [2.45, 2.75) is 80.6 Å². The van der Waals surface area contributed by atoms with Gasteiger partial charge in [0.25, 0.3) is 0 Å². The summed E-state index contributed by atoms with van der Waals surface area (Å²) in [6.07, 6.45) is 6.97. The lowest BCUT2D eigenvalue weighted by molar-refractivity contribution is 0.0578. The summed E-state index contributed by atoms with van der Waals surface area (Å²) in [4.78, 5) is 0. The van der Waals surface area contributed by atoms with Crippen LogP contribution in [0.1, 0.15) is 80.6 Å². The van der Waals surface area contributed by atoms with Gasteiger partial charge in [0.05, 0.1) is 0 Å². The van der Waals surface area contributed by atoms with Gasteiger partial charge in [0, 0.05) is 0 Å². The molecule has 0 N–H and O–H groups in total. The van der Waals surface area contributed by atoms with Crippen LogP contribution in [-0.4, -0.2) is 0 Å². The van der Waals surface area contributed by atoms with Crippen LogP contribution in [0.5, 0.6) is 0 Å². The summed E-state index contributed by atoms with van der Waals surface area (Å²) >= 11 is 0. The van der Waals surface area contributed by atoms with Crippen molar-refractivity contribution in [3.05, 3.63) is 0 Å². The highest BCUT2D eigenvalue weighted by molar-refractivity contribution is 4.86. The van der Waals surface area contributed by atoms with Crippen molar-refractivity contribution < 1.29 is 0 Å². The molecule has 0 spiro atoms. The van der Waals surface area contributed by atoms with Crippen molar-refractivity contribution in [3.63, 3.8) is 0 Å². The molecule has 0 amide bonds. The Morgan fingerprint density at radius 1 is 0.867 bits per heavy atom. The Labute approximate surface area is 97.8 Å². The Hall–Kier alpha value is 0. The Kier molecular flexibility index (Phi) is 5.92. The molecule has 0 bridgehead atoms. The minimum atomic E-state index is 0.414. The van der Waals surface area contributed by atoms with Gasteiger partial charge >= 0.3 is 0 Å². The van der Waals surface area contributed by atoms with Gasteiger partial charge in [-0.2, -0.15) is 0 Å². The molecule has 92 valence electrons. The second-order valence-corrected chi connectivity index (χ2v) is 6.72. The molecule has 0 aliphatic rings. The molecular formula is C15H32. The van der Waals surface area contributed by atoms with Crippen LogP contribution in [0, 0.1) is 16.7 Å². The average Bonchev–Trinajstić information content (AvgIpc) is 2.10. The number of unbranched alkanes of at least 4 members (excludes halogenated alkanes) is 3. The van der Waals surface area contributed by atoms with Crippen molar-refractivity contribution in [1.29, 1.82) is 0 Å². The minimum absolute atomic E-state index is 0.414. The maximum atomic E-state index is 2.43. The lowest BCUT2D eigenvalue weighted by atomic mass is 9.61. The molecule has 0 saturated heterocycles. The Morgan fingerprint density at radius 3 is 1.80 bits per heavy atom. The minimum Gasteiger partial charge on any atom is -0.0654 e. The van der Waals surface area contributed by atoms with E-state index in [-0.39, 0.29) is 0 Å². The van der Waals surface area contributed by atoms with Crippen molar-refractivity contribution >= 4 is 0 Å². The van der Waals surface area contributed by atoms with E-state index in [1.54, 1.807) is 0 Å². The highest BCUT2D eigenvalue weighted by Gasteiger charge is 2.36. The second-order valence-electron chi connectivity index (χ2n) is 6.72. The summed E-state index contributed by atoms with van der Waals surface area (Å²) in [7, 11) is 0. The SMILES string of the molecule is CCCCCCC(C)C(C)(C)C(C)(C)C. The number of rotatable bonds is 6. The molecule has 0 aromatic heterocycles. The molecule has 0 heteroatoms. The lowest BCUT2D eigenvalue weighted by Crippen LogP contribution is -2.35. The predicted molar refractivity (Wildman–Crippen MR) is 71.2 cm³/mol. The third kappa shape index (κ3) is 4.57. The molecule has 0 aliphatic carbocycles. The molecule has 0 fully saturated rings. The normalized spacial score (nSPS) is 15.4. The summed E-state index contributed by atoms with van der Waals surface area (Å²) in [6.45, 7) is 16.7. The molecule has 15 heavy (non-hydrogen) atoms. The first-order valence-corrected chi connectivity index (χ1v) is 6.73. The van der Waals surface area contributed by atoms with Gasteiger partial charge in [0.1, 0.15) is 0 Å². The van der Waals surface area contributed by atoms with Gasteiger partial charge in [-0.3, -0.25) is 0 Å². The van der Waals surface area contributed by atoms with E-state index in [1.165, 1.54) is 32.1 Å². The zero-order valence-corrected chi connectivity index (χ0v) is 12.1. The van der Waals surface area contributed by atoms with Crippen molar-refractivity contribution in [2.75, 3.05) is 0 Å². The van der Waals surface area contributed by atoms with E-state index >= 15 is 0 Å². The van der Waals surface area contributed by atoms with Gasteiger partial charge in [-0.05, 0) is 16.7 Å². The summed E-state index contributed by atoms with van der Waals surface area (Å²) in [5.41, 5.74) is 0.858. The molecule has 0 nitrogen and oxygen atoms in total. The van der Waals surface area contributed by atoms with Crippen LogP contribution in [0.4, 0.5) is 0 Å². The Bertz CT molecular complexity index is 159. The van der Waals surface area contributed by atoms with Crippen molar-refractivity contribution in [2.24, 2.45) is 16.7 Å². The third-order valence-corrected chi connectivity index (χ3v) is 4.66. The van der Waals surface area contributed by atoms with Gasteiger partial charge in [0.2, 0.25) is 0 Å². The topological polar surface area (TPSA) is 0 Å². The zero-order valence-electron chi connectivity index (χ0n) is 12.1. The van der Waals surface area contributed by atoms with Crippen LogP contribution >= 0.6 is 0 Å². The lowest BCUT2D eigenvalue weighted by Gasteiger charge is -2.44. The Balaban J connectivity index is 4.03. The van der Waals surface area contributed by atoms with E-state index in [0.717, 1.165) is 5.92 Å². The fourth-order valence-electron chi connectivity index (χ4n) is 1.98. The third-order valence-electron chi connectivity index (χ3n) is 4.66. The van der Waals surface area contributed by atoms with E-state index in [1.807, 2.05) is 0 Å². The molecule has 0 radical (unpaired) electrons. The average molecular weight is 212 g/mol. The first-order valence-electron chi connectivity index (χ1n) is 6.73. The molecule has 1 unspecified atom stereocenters. The first kappa shape index (κ1) is 15.0. The van der Waals surface area contributed by atoms with Gasteiger partial charge in [-0.1, -0.05) is 80.6 Å². The van der Waals surface area contributed by atoms with Gasteiger partial charge in [-0.15, -0.1) is 0 Å². The summed E-state index contributed by atoms with van der Waals surface area (Å²) < 4.78 is 0. The molecule has 1 atom stereocenters. The van der Waals surface area contributed by atoms with Crippen LogP contribution in [0.3, 0.4) is 0 Å². The molecule has 0 aromatic rings. The number of hydrogen-bond acceptors (Lipinski definition) is 0. The maximum absolute atomic E-state index is 2.43. The van der Waals surface area contributed by atoms with Crippen LogP contribution in [0.25, 0.3) is 0 Å². The highest BCUT2D eigenvalue weighted by atomic mass is 14.4. The standard InChI is InChI=1S/C15H32/c1-8-9-10-11-12-13(2)15(6,7)14(3,4)5/h13H,8-12H2,1-7H3. The second kappa shape index (κ2) is 5.92. The predicted octanol–water partition coefficient (Wildman–Crippen LogP) is 5.67. The van der Waals surface area contributed by atoms with Crippen molar-refractivity contribution in [3.8, 4) is 0 Å². The van der Waals surface area contributed by atoms with E-state index in [9.17, 15) is 0 Å². The van der Waals surface area contributed by atoms with E-state index in [4.69, 9.17) is 0 Å².